The Morgan fingerprint density at radius 3 is 2.74 bits per heavy atom. The maximum atomic E-state index is 12.1. The summed E-state index contributed by atoms with van der Waals surface area (Å²) < 4.78 is 32.6. The quantitative estimate of drug-likeness (QED) is 0.828. The van der Waals surface area contributed by atoms with Gasteiger partial charge in [0.05, 0.1) is 10.9 Å². The minimum atomic E-state index is -3.65. The van der Waals surface area contributed by atoms with Gasteiger partial charge in [0.15, 0.2) is 4.67 Å². The number of hydrogen-bond donors (Lipinski definition) is 2. The molecule has 3 N–H and O–H groups in total. The van der Waals surface area contributed by atoms with Crippen LogP contribution in [0.2, 0.25) is 4.34 Å². The van der Waals surface area contributed by atoms with E-state index in [9.17, 15) is 8.42 Å². The lowest BCUT2D eigenvalue weighted by atomic mass is 10.5. The van der Waals surface area contributed by atoms with Crippen molar-refractivity contribution >= 4 is 48.9 Å². The van der Waals surface area contributed by atoms with E-state index in [2.05, 4.69) is 20.7 Å². The average Bonchev–Trinajstić information content (AvgIpc) is 2.93. The van der Waals surface area contributed by atoms with E-state index in [-0.39, 0.29) is 22.7 Å². The molecule has 0 bridgehead atoms. The van der Waals surface area contributed by atoms with Crippen molar-refractivity contribution in [2.24, 2.45) is 5.73 Å². The largest absolute Gasteiger partial charge is 0.452 e. The Morgan fingerprint density at radius 1 is 1.47 bits per heavy atom. The summed E-state index contributed by atoms with van der Waals surface area (Å²) in [6, 6.07) is 4.88. The van der Waals surface area contributed by atoms with Gasteiger partial charge in [-0.3, -0.25) is 0 Å². The molecular formula is C10H10BrClN2O3S2. The van der Waals surface area contributed by atoms with E-state index in [1.54, 1.807) is 12.1 Å². The van der Waals surface area contributed by atoms with Crippen molar-refractivity contribution in [2.75, 3.05) is 0 Å². The van der Waals surface area contributed by atoms with E-state index < -0.39 is 10.0 Å². The number of furan rings is 1. The summed E-state index contributed by atoms with van der Waals surface area (Å²) in [7, 11) is -3.65. The zero-order valence-electron chi connectivity index (χ0n) is 9.52. The minimum Gasteiger partial charge on any atom is -0.452 e. The number of halogens is 2. The van der Waals surface area contributed by atoms with Gasteiger partial charge in [0, 0.05) is 17.5 Å². The zero-order valence-corrected chi connectivity index (χ0v) is 13.5. The minimum absolute atomic E-state index is 0.0376. The predicted octanol–water partition coefficient (Wildman–Crippen LogP) is 2.69. The first-order chi connectivity index (χ1) is 8.92. The van der Waals surface area contributed by atoms with Gasteiger partial charge in [0.25, 0.3) is 0 Å². The first-order valence-corrected chi connectivity index (χ1v) is 8.61. The van der Waals surface area contributed by atoms with Crippen LogP contribution in [-0.4, -0.2) is 8.42 Å². The van der Waals surface area contributed by atoms with E-state index in [1.165, 1.54) is 17.4 Å². The van der Waals surface area contributed by atoms with Gasteiger partial charge in [-0.25, -0.2) is 13.1 Å². The second-order valence-corrected chi connectivity index (χ2v) is 7.84. The molecule has 0 aromatic carbocycles. The third kappa shape index (κ3) is 3.59. The molecule has 19 heavy (non-hydrogen) atoms. The van der Waals surface area contributed by atoms with Crippen LogP contribution in [0, 0.1) is 0 Å². The lowest BCUT2D eigenvalue weighted by Gasteiger charge is -2.03. The van der Waals surface area contributed by atoms with Crippen LogP contribution >= 0.6 is 38.9 Å². The Morgan fingerprint density at radius 2 is 2.21 bits per heavy atom. The van der Waals surface area contributed by atoms with E-state index in [0.717, 1.165) is 4.88 Å². The van der Waals surface area contributed by atoms with Crippen LogP contribution in [0.4, 0.5) is 0 Å². The van der Waals surface area contributed by atoms with Gasteiger partial charge in [-0.2, -0.15) is 0 Å². The predicted molar refractivity (Wildman–Crippen MR) is 77.7 cm³/mol. The van der Waals surface area contributed by atoms with Crippen LogP contribution in [0.3, 0.4) is 0 Å². The van der Waals surface area contributed by atoms with Crippen LogP contribution in [0.15, 0.2) is 32.2 Å². The fraction of sp³-hybridized carbons (Fsp3) is 0.200. The average molecular weight is 386 g/mol. The highest BCUT2D eigenvalue weighted by atomic mass is 79.9. The monoisotopic (exact) mass is 384 g/mol. The molecule has 0 fully saturated rings. The summed E-state index contributed by atoms with van der Waals surface area (Å²) in [5, 5.41) is 0. The highest BCUT2D eigenvalue weighted by Gasteiger charge is 2.22. The summed E-state index contributed by atoms with van der Waals surface area (Å²) in [4.78, 5) is 0.864. The topological polar surface area (TPSA) is 85.3 Å². The van der Waals surface area contributed by atoms with Crippen molar-refractivity contribution in [2.45, 2.75) is 18.0 Å². The molecule has 0 spiro atoms. The molecule has 9 heteroatoms. The van der Waals surface area contributed by atoms with Gasteiger partial charge >= 0.3 is 0 Å². The SMILES string of the molecule is NCc1cc(S(=O)(=O)NCc2ccc(Cl)s2)c(Br)o1. The molecule has 0 saturated heterocycles. The van der Waals surface area contributed by atoms with Crippen molar-refractivity contribution in [1.82, 2.24) is 4.72 Å². The van der Waals surface area contributed by atoms with Crippen LogP contribution in [0.25, 0.3) is 0 Å². The van der Waals surface area contributed by atoms with E-state index >= 15 is 0 Å². The lowest BCUT2D eigenvalue weighted by molar-refractivity contribution is 0.483. The molecule has 2 rings (SSSR count). The van der Waals surface area contributed by atoms with Gasteiger partial charge in [-0.05, 0) is 28.1 Å². The zero-order chi connectivity index (χ0) is 14.0. The second-order valence-electron chi connectivity index (χ2n) is 3.59. The molecule has 2 heterocycles. The van der Waals surface area contributed by atoms with E-state index in [4.69, 9.17) is 21.8 Å². The fourth-order valence-electron chi connectivity index (χ4n) is 1.37. The number of sulfonamides is 1. The van der Waals surface area contributed by atoms with Gasteiger partial charge in [-0.1, -0.05) is 11.6 Å². The summed E-state index contributed by atoms with van der Waals surface area (Å²) >= 11 is 10.2. The van der Waals surface area contributed by atoms with Gasteiger partial charge in [-0.15, -0.1) is 11.3 Å². The highest BCUT2D eigenvalue weighted by Crippen LogP contribution is 2.26. The summed E-state index contributed by atoms with van der Waals surface area (Å²) in [6.45, 7) is 0.309. The van der Waals surface area contributed by atoms with Crippen molar-refractivity contribution < 1.29 is 12.8 Å². The summed E-state index contributed by atoms with van der Waals surface area (Å²) in [5.41, 5.74) is 5.40. The van der Waals surface area contributed by atoms with Gasteiger partial charge < -0.3 is 10.2 Å². The van der Waals surface area contributed by atoms with E-state index in [0.29, 0.717) is 10.1 Å². The molecule has 2 aromatic rings. The Kier molecular flexibility index (Phi) is 4.70. The van der Waals surface area contributed by atoms with Crippen LogP contribution in [-0.2, 0) is 23.1 Å². The Hall–Kier alpha value is -0.380. The molecule has 0 radical (unpaired) electrons. The Balaban J connectivity index is 2.15. The standard InChI is InChI=1S/C10H10BrClN2O3S2/c11-10-8(3-6(4-13)17-10)19(15,16)14-5-7-1-2-9(12)18-7/h1-3,14H,4-5,13H2. The number of hydrogen-bond acceptors (Lipinski definition) is 5. The molecule has 2 aromatic heterocycles. The van der Waals surface area contributed by atoms with Crippen LogP contribution in [0.1, 0.15) is 10.6 Å². The van der Waals surface area contributed by atoms with Crippen molar-refractivity contribution in [3.8, 4) is 0 Å². The molecule has 0 unspecified atom stereocenters. The third-order valence-electron chi connectivity index (χ3n) is 2.26. The summed E-state index contributed by atoms with van der Waals surface area (Å²) in [6.07, 6.45) is 0. The maximum absolute atomic E-state index is 12.1. The van der Waals surface area contributed by atoms with E-state index in [1.807, 2.05) is 0 Å². The van der Waals surface area contributed by atoms with Gasteiger partial charge in [0.1, 0.15) is 10.7 Å². The fourth-order valence-corrected chi connectivity index (χ4v) is 4.49. The normalized spacial score (nSPS) is 11.9. The molecule has 0 atom stereocenters. The maximum Gasteiger partial charge on any atom is 0.245 e. The number of nitrogens with one attached hydrogen (secondary N) is 1. The summed E-state index contributed by atoms with van der Waals surface area (Å²) in [5.74, 6) is 0.395. The lowest BCUT2D eigenvalue weighted by Crippen LogP contribution is -2.22. The number of rotatable bonds is 5. The second kappa shape index (κ2) is 5.94. The smallest absolute Gasteiger partial charge is 0.245 e. The molecule has 0 aliphatic carbocycles. The molecule has 5 nitrogen and oxygen atoms in total. The van der Waals surface area contributed by atoms with Crippen molar-refractivity contribution in [1.29, 1.82) is 0 Å². The molecule has 0 saturated carbocycles. The van der Waals surface area contributed by atoms with Crippen molar-refractivity contribution in [3.63, 3.8) is 0 Å². The Labute approximate surface area is 127 Å². The number of thiophene rings is 1. The first-order valence-electron chi connectivity index (χ1n) is 5.14. The molecule has 0 aliphatic rings. The molecule has 104 valence electrons. The third-order valence-corrected chi connectivity index (χ3v) is 5.75. The Bertz CT molecular complexity index is 681. The van der Waals surface area contributed by atoms with Crippen LogP contribution in [0.5, 0.6) is 0 Å². The van der Waals surface area contributed by atoms with Gasteiger partial charge in [0.2, 0.25) is 10.0 Å². The molecule has 0 aliphatic heterocycles. The van der Waals surface area contributed by atoms with Crippen LogP contribution < -0.4 is 10.5 Å². The van der Waals surface area contributed by atoms with Crippen molar-refractivity contribution in [3.05, 3.63) is 37.8 Å². The first kappa shape index (κ1) is 15.0. The number of nitrogens with two attached hydrogens (primary N) is 1. The highest BCUT2D eigenvalue weighted by molar-refractivity contribution is 9.10. The molecule has 0 amide bonds. The molecular weight excluding hydrogens is 376 g/mol.